The summed E-state index contributed by atoms with van der Waals surface area (Å²) < 4.78 is 0. The Balaban J connectivity index is 1.41. The van der Waals surface area contributed by atoms with E-state index in [0.717, 1.165) is 35.6 Å². The largest absolute Gasteiger partial charge is 0.302 e. The second-order valence-corrected chi connectivity index (χ2v) is 8.81. The summed E-state index contributed by atoms with van der Waals surface area (Å²) in [6.45, 7) is 16.4. The fourth-order valence-corrected chi connectivity index (χ4v) is 5.10. The number of rotatable bonds is 4. The van der Waals surface area contributed by atoms with Crippen molar-refractivity contribution in [2.75, 3.05) is 32.7 Å². The van der Waals surface area contributed by atoms with Crippen molar-refractivity contribution in [2.45, 2.75) is 59.4 Å². The molecule has 0 spiro atoms. The molecule has 21 heavy (non-hydrogen) atoms. The average molecular weight is 293 g/mol. The van der Waals surface area contributed by atoms with Gasteiger partial charge in [0.15, 0.2) is 0 Å². The van der Waals surface area contributed by atoms with Gasteiger partial charge in [0, 0.05) is 38.8 Å². The Morgan fingerprint density at radius 1 is 0.810 bits per heavy atom. The van der Waals surface area contributed by atoms with E-state index in [4.69, 9.17) is 0 Å². The minimum atomic E-state index is 0.746. The Kier molecular flexibility index (Phi) is 4.95. The Morgan fingerprint density at radius 2 is 1.38 bits per heavy atom. The third kappa shape index (κ3) is 3.64. The summed E-state index contributed by atoms with van der Waals surface area (Å²) in [7, 11) is 0. The summed E-state index contributed by atoms with van der Waals surface area (Å²) >= 11 is 0. The molecule has 1 saturated carbocycles. The van der Waals surface area contributed by atoms with Crippen molar-refractivity contribution in [3.05, 3.63) is 0 Å². The quantitative estimate of drug-likeness (QED) is 0.779. The molecule has 0 radical (unpaired) electrons. The van der Waals surface area contributed by atoms with Crippen LogP contribution in [0.2, 0.25) is 0 Å². The van der Waals surface area contributed by atoms with Crippen molar-refractivity contribution in [3.8, 4) is 0 Å². The van der Waals surface area contributed by atoms with Gasteiger partial charge in [-0.25, -0.2) is 0 Å². The molecule has 0 aromatic rings. The van der Waals surface area contributed by atoms with Gasteiger partial charge in [-0.2, -0.15) is 0 Å². The van der Waals surface area contributed by atoms with Crippen molar-refractivity contribution in [1.29, 1.82) is 0 Å². The van der Waals surface area contributed by atoms with Crippen LogP contribution in [0.15, 0.2) is 0 Å². The molecule has 0 unspecified atom stereocenters. The third-order valence-electron chi connectivity index (χ3n) is 6.67. The van der Waals surface area contributed by atoms with E-state index in [2.05, 4.69) is 37.5 Å². The van der Waals surface area contributed by atoms with Crippen LogP contribution in [0.3, 0.4) is 0 Å². The molecule has 2 saturated heterocycles. The van der Waals surface area contributed by atoms with Crippen LogP contribution in [0.1, 0.15) is 53.4 Å². The summed E-state index contributed by atoms with van der Waals surface area (Å²) in [6, 6.07) is 0.746. The van der Waals surface area contributed by atoms with Crippen molar-refractivity contribution < 1.29 is 0 Å². The molecule has 3 aliphatic rings. The van der Waals surface area contributed by atoms with E-state index in [1.165, 1.54) is 58.4 Å². The molecule has 0 N–H and O–H groups in total. The van der Waals surface area contributed by atoms with Gasteiger partial charge < -0.3 is 9.80 Å². The van der Waals surface area contributed by atoms with Gasteiger partial charge in [0.2, 0.25) is 0 Å². The zero-order chi connectivity index (χ0) is 15.0. The molecule has 0 amide bonds. The van der Waals surface area contributed by atoms with Gasteiger partial charge in [-0.1, -0.05) is 13.8 Å². The predicted molar refractivity (Wildman–Crippen MR) is 90.4 cm³/mol. The van der Waals surface area contributed by atoms with E-state index in [1.54, 1.807) is 0 Å². The normalized spacial score (nSPS) is 38.6. The van der Waals surface area contributed by atoms with E-state index in [1.807, 2.05) is 0 Å². The maximum atomic E-state index is 2.81. The van der Waals surface area contributed by atoms with Gasteiger partial charge in [0.1, 0.15) is 0 Å². The first-order valence-electron chi connectivity index (χ1n) is 9.49. The Morgan fingerprint density at radius 3 is 1.86 bits per heavy atom. The molecule has 3 rings (SSSR count). The second-order valence-electron chi connectivity index (χ2n) is 8.81. The predicted octanol–water partition coefficient (Wildman–Crippen LogP) is 3.72. The molecule has 2 nitrogen and oxygen atoms in total. The van der Waals surface area contributed by atoms with Gasteiger partial charge in [0.05, 0.1) is 0 Å². The molecule has 2 heteroatoms. The smallest absolute Gasteiger partial charge is 0.00388 e. The summed E-state index contributed by atoms with van der Waals surface area (Å²) in [5, 5.41) is 0. The fraction of sp³-hybridized carbons (Fsp3) is 1.00. The van der Waals surface area contributed by atoms with Crippen LogP contribution < -0.4 is 0 Å². The molecule has 1 aliphatic carbocycles. The monoisotopic (exact) mass is 292 g/mol. The zero-order valence-electron chi connectivity index (χ0n) is 14.7. The molecule has 2 atom stereocenters. The van der Waals surface area contributed by atoms with Crippen molar-refractivity contribution in [2.24, 2.45) is 29.6 Å². The molecule has 0 aromatic heterocycles. The van der Waals surface area contributed by atoms with E-state index in [-0.39, 0.29) is 0 Å². The van der Waals surface area contributed by atoms with Gasteiger partial charge in [-0.15, -0.1) is 0 Å². The Labute approximate surface area is 132 Å². The zero-order valence-corrected chi connectivity index (χ0v) is 14.7. The molecule has 3 fully saturated rings. The summed E-state index contributed by atoms with van der Waals surface area (Å²) in [5.41, 5.74) is 0. The number of hydrogen-bond donors (Lipinski definition) is 0. The first-order chi connectivity index (χ1) is 10.0. The number of nitrogens with zero attached hydrogens (tertiary/aromatic N) is 2. The minimum Gasteiger partial charge on any atom is -0.302 e. The molecule has 0 bridgehead atoms. The van der Waals surface area contributed by atoms with Crippen LogP contribution in [0, 0.1) is 29.6 Å². The van der Waals surface area contributed by atoms with Crippen LogP contribution in [-0.2, 0) is 0 Å². The Hall–Kier alpha value is -0.0800. The lowest BCUT2D eigenvalue weighted by atomic mass is 9.77. The van der Waals surface area contributed by atoms with Crippen LogP contribution in [0.4, 0.5) is 0 Å². The maximum absolute atomic E-state index is 2.81. The topological polar surface area (TPSA) is 6.48 Å². The number of hydrogen-bond acceptors (Lipinski definition) is 2. The highest BCUT2D eigenvalue weighted by atomic mass is 15.2. The van der Waals surface area contributed by atoms with Crippen molar-refractivity contribution in [3.63, 3.8) is 0 Å². The lowest BCUT2D eigenvalue weighted by Crippen LogP contribution is -2.35. The van der Waals surface area contributed by atoms with Crippen LogP contribution in [-0.4, -0.2) is 48.6 Å². The third-order valence-corrected chi connectivity index (χ3v) is 6.67. The molecule has 122 valence electrons. The Bertz CT molecular complexity index is 316. The molecular formula is C19H36N2. The van der Waals surface area contributed by atoms with Gasteiger partial charge in [0.25, 0.3) is 0 Å². The molecule has 0 aromatic carbocycles. The molecule has 2 aliphatic heterocycles. The summed E-state index contributed by atoms with van der Waals surface area (Å²) in [5.74, 6) is 4.86. The van der Waals surface area contributed by atoms with Gasteiger partial charge in [-0.3, -0.25) is 0 Å². The second kappa shape index (κ2) is 6.58. The highest BCUT2D eigenvalue weighted by molar-refractivity contribution is 4.94. The SMILES string of the molecule is CC(C)C1CCC(CN2C[C@@H]3CN(C(C)C)C[C@@H]3C2)CC1. The van der Waals surface area contributed by atoms with E-state index < -0.39 is 0 Å². The fourth-order valence-electron chi connectivity index (χ4n) is 5.10. The molecular weight excluding hydrogens is 256 g/mol. The minimum absolute atomic E-state index is 0.746. The standard InChI is InChI=1S/C19H36N2/c1-14(2)17-7-5-16(6-8-17)9-20-10-18-12-21(15(3)4)13-19(18)11-20/h14-19H,5-13H2,1-4H3/t16?,17?,18-,19+. The highest BCUT2D eigenvalue weighted by Crippen LogP contribution is 2.36. The van der Waals surface area contributed by atoms with Gasteiger partial charge >= 0.3 is 0 Å². The summed E-state index contributed by atoms with van der Waals surface area (Å²) in [6.07, 6.45) is 5.97. The number of fused-ring (bicyclic) bond motifs is 1. The van der Waals surface area contributed by atoms with Crippen LogP contribution >= 0.6 is 0 Å². The highest BCUT2D eigenvalue weighted by Gasteiger charge is 2.41. The van der Waals surface area contributed by atoms with E-state index in [0.29, 0.717) is 0 Å². The lowest BCUT2D eigenvalue weighted by molar-refractivity contribution is 0.164. The van der Waals surface area contributed by atoms with Crippen molar-refractivity contribution in [1.82, 2.24) is 9.80 Å². The van der Waals surface area contributed by atoms with Crippen LogP contribution in [0.25, 0.3) is 0 Å². The van der Waals surface area contributed by atoms with Crippen molar-refractivity contribution >= 4 is 0 Å². The summed E-state index contributed by atoms with van der Waals surface area (Å²) in [4.78, 5) is 5.51. The van der Waals surface area contributed by atoms with Gasteiger partial charge in [-0.05, 0) is 69.1 Å². The van der Waals surface area contributed by atoms with E-state index >= 15 is 0 Å². The average Bonchev–Trinajstić information content (AvgIpc) is 2.97. The first-order valence-corrected chi connectivity index (χ1v) is 9.49. The number of likely N-dealkylation sites (tertiary alicyclic amines) is 2. The van der Waals surface area contributed by atoms with E-state index in [9.17, 15) is 0 Å². The maximum Gasteiger partial charge on any atom is 0.00388 e. The first kappa shape index (κ1) is 15.8. The molecule has 2 heterocycles. The lowest BCUT2D eigenvalue weighted by Gasteiger charge is -2.33. The van der Waals surface area contributed by atoms with Crippen LogP contribution in [0.5, 0.6) is 0 Å².